The maximum Gasteiger partial charge on any atom is 0.197 e. The molecule has 2 N–H and O–H groups in total. The van der Waals surface area contributed by atoms with Gasteiger partial charge in [0.15, 0.2) is 5.69 Å². The second-order valence-electron chi connectivity index (χ2n) is 8.61. The van der Waals surface area contributed by atoms with E-state index in [4.69, 9.17) is 6.57 Å². The monoisotopic (exact) mass is 428 g/mol. The second kappa shape index (κ2) is 8.18. The molecule has 0 aliphatic heterocycles. The Bertz CT molecular complexity index is 1320. The summed E-state index contributed by atoms with van der Waals surface area (Å²) in [5, 5.41) is 18.3. The van der Waals surface area contributed by atoms with Gasteiger partial charge in [-0.15, -0.1) is 0 Å². The molecule has 0 amide bonds. The van der Waals surface area contributed by atoms with Crippen LogP contribution in [0.5, 0.6) is 0 Å². The van der Waals surface area contributed by atoms with Gasteiger partial charge in [0.1, 0.15) is 17.1 Å². The van der Waals surface area contributed by atoms with Gasteiger partial charge in [0, 0.05) is 22.7 Å². The molecule has 4 aromatic rings. The number of fused-ring (bicyclic) bond motifs is 1. The van der Waals surface area contributed by atoms with E-state index in [2.05, 4.69) is 27.0 Å². The van der Waals surface area contributed by atoms with Crippen molar-refractivity contribution in [2.24, 2.45) is 0 Å². The van der Waals surface area contributed by atoms with Gasteiger partial charge in [0.25, 0.3) is 0 Å². The number of H-pyrrole nitrogens is 1. The average Bonchev–Trinajstić information content (AvgIpc) is 3.15. The van der Waals surface area contributed by atoms with Crippen molar-refractivity contribution in [3.05, 3.63) is 76.7 Å². The molecule has 0 radical (unpaired) electrons. The molecule has 0 fully saturated rings. The predicted molar refractivity (Wildman–Crippen MR) is 125 cm³/mol. The lowest BCUT2D eigenvalue weighted by Crippen LogP contribution is -2.17. The number of pyridine rings is 1. The first-order valence-corrected chi connectivity index (χ1v) is 10.6. The number of nitrogens with one attached hydrogen (secondary N) is 1. The fraction of sp³-hybridized carbons (Fsp3) is 0.269. The summed E-state index contributed by atoms with van der Waals surface area (Å²) in [6.45, 7) is 15.0. The Balaban J connectivity index is 1.88. The minimum Gasteiger partial charge on any atom is -0.384 e. The van der Waals surface area contributed by atoms with Crippen LogP contribution in [0.3, 0.4) is 0 Å². The van der Waals surface area contributed by atoms with E-state index in [-0.39, 0.29) is 5.82 Å². The van der Waals surface area contributed by atoms with E-state index in [1.807, 2.05) is 25.1 Å². The van der Waals surface area contributed by atoms with E-state index in [1.54, 1.807) is 38.2 Å². The molecule has 0 saturated carbocycles. The third-order valence-electron chi connectivity index (χ3n) is 5.62. The summed E-state index contributed by atoms with van der Waals surface area (Å²) >= 11 is 0. The first-order valence-electron chi connectivity index (χ1n) is 10.6. The minimum absolute atomic E-state index is 0.320. The summed E-state index contributed by atoms with van der Waals surface area (Å²) in [5.41, 5.74) is 4.77. The van der Waals surface area contributed by atoms with Crippen molar-refractivity contribution < 1.29 is 9.50 Å². The number of hydrogen-bond donors (Lipinski definition) is 2. The van der Waals surface area contributed by atoms with Crippen LogP contribution in [-0.2, 0) is 12.0 Å². The van der Waals surface area contributed by atoms with Crippen molar-refractivity contribution in [2.75, 3.05) is 0 Å². The highest BCUT2D eigenvalue weighted by Gasteiger charge is 2.20. The highest BCUT2D eigenvalue weighted by atomic mass is 19.1. The Kier molecular flexibility index (Phi) is 5.53. The molecule has 0 saturated heterocycles. The summed E-state index contributed by atoms with van der Waals surface area (Å²) in [7, 11) is 0. The SMILES string of the molecule is [C-]#[N+]c1cc2[nH]nc(-c3ccc(C(C)(C)O)nc3)c2cc1-c1c(C)cc(CCC)cc1F. The van der Waals surface area contributed by atoms with Crippen molar-refractivity contribution in [3.63, 3.8) is 0 Å². The maximum atomic E-state index is 15.2. The highest BCUT2D eigenvalue weighted by molar-refractivity contribution is 6.00. The van der Waals surface area contributed by atoms with E-state index < -0.39 is 5.60 Å². The zero-order chi connectivity index (χ0) is 23.0. The topological polar surface area (TPSA) is 66.2 Å². The van der Waals surface area contributed by atoms with E-state index in [1.165, 1.54) is 0 Å². The number of hydrogen-bond acceptors (Lipinski definition) is 3. The van der Waals surface area contributed by atoms with Crippen molar-refractivity contribution in [3.8, 4) is 22.4 Å². The number of nitrogens with zero attached hydrogens (tertiary/aromatic N) is 3. The van der Waals surface area contributed by atoms with Gasteiger partial charge < -0.3 is 5.11 Å². The molecule has 0 spiro atoms. The normalized spacial score (nSPS) is 11.7. The number of rotatable bonds is 5. The molecule has 162 valence electrons. The molecule has 32 heavy (non-hydrogen) atoms. The summed E-state index contributed by atoms with van der Waals surface area (Å²) < 4.78 is 15.2. The average molecular weight is 429 g/mol. The van der Waals surface area contributed by atoms with Crippen molar-refractivity contribution in [1.82, 2.24) is 15.2 Å². The fourth-order valence-corrected chi connectivity index (χ4v) is 4.05. The van der Waals surface area contributed by atoms with Gasteiger partial charge in [-0.3, -0.25) is 10.1 Å². The Labute approximate surface area is 186 Å². The van der Waals surface area contributed by atoms with Gasteiger partial charge in [-0.1, -0.05) is 25.5 Å². The van der Waals surface area contributed by atoms with Gasteiger partial charge in [-0.25, -0.2) is 9.24 Å². The number of aliphatic hydroxyl groups is 1. The molecule has 6 heteroatoms. The highest BCUT2D eigenvalue weighted by Crippen LogP contribution is 2.40. The van der Waals surface area contributed by atoms with Gasteiger partial charge in [0.05, 0.1) is 17.8 Å². The number of aromatic amines is 1. The largest absolute Gasteiger partial charge is 0.384 e. The third-order valence-corrected chi connectivity index (χ3v) is 5.62. The molecule has 0 aliphatic rings. The van der Waals surface area contributed by atoms with Gasteiger partial charge in [-0.05, 0) is 68.1 Å². The van der Waals surface area contributed by atoms with Gasteiger partial charge in [0.2, 0.25) is 0 Å². The molecule has 0 bridgehead atoms. The molecule has 5 nitrogen and oxygen atoms in total. The maximum absolute atomic E-state index is 15.2. The Hall–Kier alpha value is -3.56. The number of halogens is 1. The van der Waals surface area contributed by atoms with Crippen LogP contribution in [0.25, 0.3) is 38.1 Å². The van der Waals surface area contributed by atoms with Crippen LogP contribution in [0.2, 0.25) is 0 Å². The second-order valence-corrected chi connectivity index (χ2v) is 8.61. The summed E-state index contributed by atoms with van der Waals surface area (Å²) in [5.74, 6) is -0.320. The van der Waals surface area contributed by atoms with Crippen LogP contribution in [0.4, 0.5) is 10.1 Å². The Morgan fingerprint density at radius 1 is 1.19 bits per heavy atom. The summed E-state index contributed by atoms with van der Waals surface area (Å²) in [6, 6.07) is 10.7. The number of aryl methyl sites for hydroxylation is 2. The molecule has 0 atom stereocenters. The molecule has 4 rings (SSSR count). The Morgan fingerprint density at radius 2 is 1.97 bits per heavy atom. The van der Waals surface area contributed by atoms with Crippen LogP contribution in [0.15, 0.2) is 42.6 Å². The first kappa shape index (κ1) is 21.7. The number of benzene rings is 2. The minimum atomic E-state index is -1.04. The van der Waals surface area contributed by atoms with Gasteiger partial charge in [-0.2, -0.15) is 5.10 Å². The molecular weight excluding hydrogens is 403 g/mol. The fourth-order valence-electron chi connectivity index (χ4n) is 4.05. The van der Waals surface area contributed by atoms with Crippen molar-refractivity contribution >= 4 is 16.6 Å². The lowest BCUT2D eigenvalue weighted by molar-refractivity contribution is 0.0739. The van der Waals surface area contributed by atoms with Crippen LogP contribution >= 0.6 is 0 Å². The van der Waals surface area contributed by atoms with Crippen LogP contribution in [0.1, 0.15) is 44.0 Å². The van der Waals surface area contributed by atoms with E-state index in [0.717, 1.165) is 34.9 Å². The lowest BCUT2D eigenvalue weighted by Gasteiger charge is -2.16. The zero-order valence-electron chi connectivity index (χ0n) is 18.6. The molecule has 2 aromatic heterocycles. The molecule has 2 aromatic carbocycles. The summed E-state index contributed by atoms with van der Waals surface area (Å²) in [4.78, 5) is 8.02. The Morgan fingerprint density at radius 3 is 2.56 bits per heavy atom. The number of aromatic nitrogens is 3. The van der Waals surface area contributed by atoms with Crippen LogP contribution in [0, 0.1) is 19.3 Å². The molecule has 2 heterocycles. The molecular formula is C26H25FN4O. The van der Waals surface area contributed by atoms with Gasteiger partial charge >= 0.3 is 0 Å². The van der Waals surface area contributed by atoms with Crippen LogP contribution < -0.4 is 0 Å². The lowest BCUT2D eigenvalue weighted by atomic mass is 9.93. The smallest absolute Gasteiger partial charge is 0.197 e. The third kappa shape index (κ3) is 3.88. The first-order chi connectivity index (χ1) is 15.2. The zero-order valence-corrected chi connectivity index (χ0v) is 18.6. The van der Waals surface area contributed by atoms with E-state index >= 15 is 4.39 Å². The van der Waals surface area contributed by atoms with Crippen molar-refractivity contribution in [2.45, 2.75) is 46.1 Å². The quantitative estimate of drug-likeness (QED) is 0.358. The van der Waals surface area contributed by atoms with Crippen molar-refractivity contribution in [1.29, 1.82) is 0 Å². The van der Waals surface area contributed by atoms with E-state index in [9.17, 15) is 5.11 Å². The van der Waals surface area contributed by atoms with Crippen LogP contribution in [-0.4, -0.2) is 20.3 Å². The standard InChI is InChI=1S/C26H25FN4O/c1-6-7-16-10-15(2)24(20(27)11-16)18-12-19-22(13-21(18)28-5)30-31-25(19)17-8-9-23(29-14-17)26(3,4)32/h8-14,32H,6-7H2,1-4H3,(H,30,31). The van der Waals surface area contributed by atoms with E-state index in [0.29, 0.717) is 33.7 Å². The predicted octanol–water partition coefficient (Wildman–Crippen LogP) is 6.47. The molecule has 0 unspecified atom stereocenters. The summed E-state index contributed by atoms with van der Waals surface area (Å²) in [6.07, 6.45) is 3.42. The molecule has 0 aliphatic carbocycles.